The SMILES string of the molecule is CNCC[NH-]. The zero-order valence-electron chi connectivity index (χ0n) is 3.41. The van der Waals surface area contributed by atoms with Crippen LogP contribution in [0.5, 0.6) is 0 Å². The molecule has 0 saturated carbocycles. The molecule has 2 nitrogen and oxygen atoms in total. The molecule has 0 bridgehead atoms. The van der Waals surface area contributed by atoms with Crippen molar-refractivity contribution in [2.45, 2.75) is 0 Å². The molecular formula is C3H9N2-. The first kappa shape index (κ1) is 4.92. The van der Waals surface area contributed by atoms with Crippen molar-refractivity contribution in [2.75, 3.05) is 20.1 Å². The summed E-state index contributed by atoms with van der Waals surface area (Å²) in [4.78, 5) is 0. The van der Waals surface area contributed by atoms with Crippen LogP contribution in [0, 0.1) is 0 Å². The van der Waals surface area contributed by atoms with E-state index in [0.717, 1.165) is 6.54 Å². The molecule has 0 aliphatic heterocycles. The normalized spacial score (nSPS) is 8.40. The third-order valence-electron chi connectivity index (χ3n) is 0.375. The Morgan fingerprint density at radius 3 is 2.40 bits per heavy atom. The molecule has 0 fully saturated rings. The van der Waals surface area contributed by atoms with Crippen molar-refractivity contribution in [1.82, 2.24) is 5.32 Å². The maximum absolute atomic E-state index is 6.54. The van der Waals surface area contributed by atoms with Gasteiger partial charge in [-0.3, -0.25) is 0 Å². The van der Waals surface area contributed by atoms with E-state index in [1.165, 1.54) is 0 Å². The Labute approximate surface area is 32.4 Å². The Morgan fingerprint density at radius 1 is 1.80 bits per heavy atom. The molecule has 0 spiro atoms. The van der Waals surface area contributed by atoms with Gasteiger partial charge in [-0.25, -0.2) is 0 Å². The molecule has 0 aliphatic carbocycles. The summed E-state index contributed by atoms with van der Waals surface area (Å²) in [6, 6.07) is 0. The van der Waals surface area contributed by atoms with E-state index in [2.05, 4.69) is 5.32 Å². The van der Waals surface area contributed by atoms with Crippen molar-refractivity contribution in [1.29, 1.82) is 0 Å². The summed E-state index contributed by atoms with van der Waals surface area (Å²) < 4.78 is 0. The van der Waals surface area contributed by atoms with Crippen LogP contribution >= 0.6 is 0 Å². The molecule has 2 heteroatoms. The van der Waals surface area contributed by atoms with Gasteiger partial charge in [0.15, 0.2) is 0 Å². The molecule has 0 saturated heterocycles. The van der Waals surface area contributed by atoms with Gasteiger partial charge < -0.3 is 11.1 Å². The Bertz CT molecular complexity index is 12.4. The molecule has 0 unspecified atom stereocenters. The fourth-order valence-electron chi connectivity index (χ4n) is 0.125. The topological polar surface area (TPSA) is 35.8 Å². The van der Waals surface area contributed by atoms with Gasteiger partial charge in [-0.2, -0.15) is 0 Å². The van der Waals surface area contributed by atoms with E-state index >= 15 is 0 Å². The van der Waals surface area contributed by atoms with Crippen LogP contribution in [-0.4, -0.2) is 20.1 Å². The van der Waals surface area contributed by atoms with Gasteiger partial charge in [-0.1, -0.05) is 0 Å². The Hall–Kier alpha value is -0.0800. The smallest absolute Gasteiger partial charge is 0.0165 e. The molecule has 0 atom stereocenters. The van der Waals surface area contributed by atoms with E-state index in [9.17, 15) is 0 Å². The second-order valence-electron chi connectivity index (χ2n) is 0.854. The first-order valence-corrected chi connectivity index (χ1v) is 1.71. The zero-order valence-corrected chi connectivity index (χ0v) is 3.41. The fourth-order valence-corrected chi connectivity index (χ4v) is 0.125. The van der Waals surface area contributed by atoms with Crippen LogP contribution in [0.1, 0.15) is 0 Å². The highest BCUT2D eigenvalue weighted by Gasteiger charge is 1.57. The zero-order chi connectivity index (χ0) is 4.12. The predicted octanol–water partition coefficient (Wildman–Crippen LogP) is 0.258. The molecule has 0 heterocycles. The fraction of sp³-hybridized carbons (Fsp3) is 1.00. The average molecular weight is 73.1 g/mol. The summed E-state index contributed by atoms with van der Waals surface area (Å²) >= 11 is 0. The summed E-state index contributed by atoms with van der Waals surface area (Å²) in [5.74, 6) is 0. The van der Waals surface area contributed by atoms with Crippen molar-refractivity contribution in [3.05, 3.63) is 5.73 Å². The minimum Gasteiger partial charge on any atom is -0.676 e. The molecule has 2 N–H and O–H groups in total. The summed E-state index contributed by atoms with van der Waals surface area (Å²) in [7, 11) is 1.84. The lowest BCUT2D eigenvalue weighted by Crippen LogP contribution is -2.08. The molecule has 0 rings (SSSR count). The maximum Gasteiger partial charge on any atom is -0.0165 e. The largest absolute Gasteiger partial charge is 0.676 e. The standard InChI is InChI=1S/C3H9N2/c1-5-3-2-4/h4-5H,2-3H2,1H3/q-1. The van der Waals surface area contributed by atoms with Crippen LogP contribution in [0.3, 0.4) is 0 Å². The number of nitrogens with one attached hydrogen (secondary N) is 2. The van der Waals surface area contributed by atoms with Gasteiger partial charge in [0.1, 0.15) is 0 Å². The van der Waals surface area contributed by atoms with Crippen LogP contribution < -0.4 is 5.32 Å². The van der Waals surface area contributed by atoms with Crippen molar-refractivity contribution in [3.63, 3.8) is 0 Å². The van der Waals surface area contributed by atoms with Gasteiger partial charge in [-0.15, -0.1) is 6.54 Å². The third kappa shape index (κ3) is 3.92. The first-order chi connectivity index (χ1) is 2.41. The number of hydrogen-bond acceptors (Lipinski definition) is 1. The second-order valence-corrected chi connectivity index (χ2v) is 0.854. The maximum atomic E-state index is 6.54. The predicted molar refractivity (Wildman–Crippen MR) is 23.1 cm³/mol. The lowest BCUT2D eigenvalue weighted by atomic mass is 10.7. The molecule has 32 valence electrons. The van der Waals surface area contributed by atoms with Crippen LogP contribution in [-0.2, 0) is 0 Å². The summed E-state index contributed by atoms with van der Waals surface area (Å²) in [6.45, 7) is 1.29. The number of hydrogen-bond donors (Lipinski definition) is 1. The quantitative estimate of drug-likeness (QED) is 0.500. The summed E-state index contributed by atoms with van der Waals surface area (Å²) in [6.07, 6.45) is 0. The summed E-state index contributed by atoms with van der Waals surface area (Å²) in [5, 5.41) is 2.83. The molecule has 0 aromatic carbocycles. The second kappa shape index (κ2) is 3.92. The van der Waals surface area contributed by atoms with Crippen LogP contribution in [0.4, 0.5) is 0 Å². The molecule has 0 amide bonds. The highest BCUT2D eigenvalue weighted by molar-refractivity contribution is 4.49. The highest BCUT2D eigenvalue weighted by Crippen LogP contribution is 1.52. The minimum atomic E-state index is 0.483. The monoisotopic (exact) mass is 73.1 g/mol. The highest BCUT2D eigenvalue weighted by atomic mass is 14.8. The molecule has 0 aromatic heterocycles. The number of likely N-dealkylation sites (N-methyl/N-ethyl adjacent to an activating group) is 1. The summed E-state index contributed by atoms with van der Waals surface area (Å²) in [5.41, 5.74) is 6.54. The van der Waals surface area contributed by atoms with Crippen molar-refractivity contribution < 1.29 is 0 Å². The number of rotatable bonds is 2. The molecule has 0 aromatic rings. The van der Waals surface area contributed by atoms with Crippen molar-refractivity contribution >= 4 is 0 Å². The van der Waals surface area contributed by atoms with E-state index in [1.807, 2.05) is 7.05 Å². The van der Waals surface area contributed by atoms with Crippen LogP contribution in [0.25, 0.3) is 5.73 Å². The average Bonchev–Trinajstić information content (AvgIpc) is 1.41. The van der Waals surface area contributed by atoms with Gasteiger partial charge in [0.25, 0.3) is 0 Å². The molecular weight excluding hydrogens is 64.0 g/mol. The van der Waals surface area contributed by atoms with Crippen LogP contribution in [0.2, 0.25) is 0 Å². The van der Waals surface area contributed by atoms with Gasteiger partial charge in [-0.05, 0) is 13.6 Å². The van der Waals surface area contributed by atoms with Crippen molar-refractivity contribution in [2.24, 2.45) is 0 Å². The van der Waals surface area contributed by atoms with E-state index < -0.39 is 0 Å². The van der Waals surface area contributed by atoms with E-state index in [1.54, 1.807) is 0 Å². The van der Waals surface area contributed by atoms with Crippen molar-refractivity contribution in [3.8, 4) is 0 Å². The van der Waals surface area contributed by atoms with E-state index in [0.29, 0.717) is 6.54 Å². The Balaban J connectivity index is 2.19. The van der Waals surface area contributed by atoms with Gasteiger partial charge in [0.05, 0.1) is 0 Å². The van der Waals surface area contributed by atoms with Gasteiger partial charge in [0.2, 0.25) is 0 Å². The van der Waals surface area contributed by atoms with Crippen LogP contribution in [0.15, 0.2) is 0 Å². The third-order valence-corrected chi connectivity index (χ3v) is 0.375. The Kier molecular flexibility index (Phi) is 3.86. The van der Waals surface area contributed by atoms with E-state index in [-0.39, 0.29) is 0 Å². The van der Waals surface area contributed by atoms with Gasteiger partial charge in [0, 0.05) is 0 Å². The molecule has 0 radical (unpaired) electrons. The minimum absolute atomic E-state index is 0.483. The van der Waals surface area contributed by atoms with Gasteiger partial charge >= 0.3 is 0 Å². The molecule has 0 aliphatic rings. The Morgan fingerprint density at radius 2 is 2.40 bits per heavy atom. The molecule has 5 heavy (non-hydrogen) atoms. The first-order valence-electron chi connectivity index (χ1n) is 1.71. The van der Waals surface area contributed by atoms with E-state index in [4.69, 9.17) is 5.73 Å². The lowest BCUT2D eigenvalue weighted by molar-refractivity contribution is 0.846. The lowest BCUT2D eigenvalue weighted by Gasteiger charge is -1.93.